The molecule has 4 heterocycles. The fourth-order valence-electron chi connectivity index (χ4n) is 6.89. The molecule has 0 aromatic heterocycles. The van der Waals surface area contributed by atoms with Crippen molar-refractivity contribution in [2.24, 2.45) is 11.8 Å². The van der Waals surface area contributed by atoms with E-state index in [1.54, 1.807) is 22.0 Å². The van der Waals surface area contributed by atoms with Crippen molar-refractivity contribution in [1.82, 2.24) is 14.7 Å². The van der Waals surface area contributed by atoms with Gasteiger partial charge in [0.15, 0.2) is 0 Å². The Morgan fingerprint density at radius 3 is 2.62 bits per heavy atom. The van der Waals surface area contributed by atoms with Gasteiger partial charge in [0.1, 0.15) is 17.6 Å². The molecular formula is C29H45N3O7. The first-order valence-corrected chi connectivity index (χ1v) is 14.4. The summed E-state index contributed by atoms with van der Waals surface area (Å²) in [6.07, 6.45) is 7.05. The van der Waals surface area contributed by atoms with Crippen molar-refractivity contribution in [2.75, 3.05) is 65.7 Å². The standard InChI is InChI=1S/C29H45N3O7/c1-4-6-9-19-38-27(36)23-22-25(34)32(13-7-8-18-33)24(29(22)11-10-28(23,3)39-29)26(35)31(12-5-2)15-14-30-16-20-37-21-17-30/h4-5,22-24,33H,1-2,6-21H2,3H3/t22-,23-,24?,28+,29?/m0/s1. The van der Waals surface area contributed by atoms with Crippen LogP contribution in [0.3, 0.4) is 0 Å². The molecule has 0 aliphatic carbocycles. The highest BCUT2D eigenvalue weighted by Gasteiger charge is 2.78. The summed E-state index contributed by atoms with van der Waals surface area (Å²) < 4.78 is 17.7. The summed E-state index contributed by atoms with van der Waals surface area (Å²) in [7, 11) is 0. The van der Waals surface area contributed by atoms with Gasteiger partial charge in [-0.1, -0.05) is 12.2 Å². The Kier molecular flexibility index (Phi) is 9.85. The molecule has 2 unspecified atom stereocenters. The summed E-state index contributed by atoms with van der Waals surface area (Å²) in [6.45, 7) is 14.5. The van der Waals surface area contributed by atoms with Gasteiger partial charge in [-0.25, -0.2) is 0 Å². The van der Waals surface area contributed by atoms with Crippen molar-refractivity contribution in [3.05, 3.63) is 25.3 Å². The molecule has 10 heteroatoms. The second kappa shape index (κ2) is 12.9. The summed E-state index contributed by atoms with van der Waals surface area (Å²) in [4.78, 5) is 47.4. The monoisotopic (exact) mass is 547 g/mol. The molecule has 0 aromatic rings. The topological polar surface area (TPSA) is 109 Å². The van der Waals surface area contributed by atoms with E-state index in [1.165, 1.54) is 0 Å². The van der Waals surface area contributed by atoms with Crippen LogP contribution in [-0.2, 0) is 28.6 Å². The van der Waals surface area contributed by atoms with Crippen molar-refractivity contribution >= 4 is 17.8 Å². The highest BCUT2D eigenvalue weighted by atomic mass is 16.6. The number of aliphatic hydroxyl groups excluding tert-OH is 1. The average molecular weight is 548 g/mol. The molecule has 2 amide bonds. The quantitative estimate of drug-likeness (QED) is 0.186. The maximum absolute atomic E-state index is 14.3. The van der Waals surface area contributed by atoms with Gasteiger partial charge in [0.25, 0.3) is 0 Å². The Morgan fingerprint density at radius 1 is 1.15 bits per heavy atom. The number of hydrogen-bond acceptors (Lipinski definition) is 8. The zero-order valence-corrected chi connectivity index (χ0v) is 23.4. The first-order chi connectivity index (χ1) is 18.8. The zero-order chi connectivity index (χ0) is 28.0. The number of nitrogens with zero attached hydrogens (tertiary/aromatic N) is 3. The maximum Gasteiger partial charge on any atom is 0.312 e. The van der Waals surface area contributed by atoms with Gasteiger partial charge in [-0.3, -0.25) is 19.3 Å². The third-order valence-corrected chi connectivity index (χ3v) is 8.82. The number of carbonyl (C=O) groups excluding carboxylic acids is 3. The number of rotatable bonds is 15. The summed E-state index contributed by atoms with van der Waals surface area (Å²) >= 11 is 0. The fraction of sp³-hybridized carbons (Fsp3) is 0.759. The number of unbranched alkanes of at least 4 members (excludes halogenated alkanes) is 2. The van der Waals surface area contributed by atoms with E-state index in [-0.39, 0.29) is 25.0 Å². The summed E-state index contributed by atoms with van der Waals surface area (Å²) in [5.74, 6) is -2.36. The molecule has 218 valence electrons. The highest BCUT2D eigenvalue weighted by molar-refractivity contribution is 5.98. The molecule has 2 bridgehead atoms. The molecule has 1 spiro atoms. The Balaban J connectivity index is 1.60. The van der Waals surface area contributed by atoms with Gasteiger partial charge in [-0.05, 0) is 45.4 Å². The van der Waals surface area contributed by atoms with Crippen LogP contribution in [0.15, 0.2) is 25.3 Å². The Morgan fingerprint density at radius 2 is 1.92 bits per heavy atom. The third kappa shape index (κ3) is 5.80. The summed E-state index contributed by atoms with van der Waals surface area (Å²) in [5.41, 5.74) is -1.94. The molecule has 4 aliphatic heterocycles. The van der Waals surface area contributed by atoms with Crippen LogP contribution in [0.25, 0.3) is 0 Å². The molecule has 39 heavy (non-hydrogen) atoms. The van der Waals surface area contributed by atoms with Crippen LogP contribution in [0.5, 0.6) is 0 Å². The third-order valence-electron chi connectivity index (χ3n) is 8.82. The number of esters is 1. The number of fused-ring (bicyclic) bond motifs is 1. The van der Waals surface area contributed by atoms with Crippen molar-refractivity contribution in [3.63, 3.8) is 0 Å². The minimum Gasteiger partial charge on any atom is -0.465 e. The predicted octanol–water partition coefficient (Wildman–Crippen LogP) is 1.38. The number of ether oxygens (including phenoxy) is 3. The number of aliphatic hydroxyl groups is 1. The molecule has 4 rings (SSSR count). The van der Waals surface area contributed by atoms with Gasteiger partial charge < -0.3 is 29.1 Å². The molecule has 5 atom stereocenters. The van der Waals surface area contributed by atoms with E-state index in [9.17, 15) is 19.5 Å². The van der Waals surface area contributed by atoms with E-state index in [0.29, 0.717) is 71.5 Å². The molecule has 1 N–H and O–H groups in total. The van der Waals surface area contributed by atoms with Crippen LogP contribution in [0.2, 0.25) is 0 Å². The zero-order valence-electron chi connectivity index (χ0n) is 23.4. The molecule has 0 aromatic carbocycles. The lowest BCUT2D eigenvalue weighted by Crippen LogP contribution is -2.57. The summed E-state index contributed by atoms with van der Waals surface area (Å²) in [6, 6.07) is -0.835. The lowest BCUT2D eigenvalue weighted by molar-refractivity contribution is -0.160. The van der Waals surface area contributed by atoms with Crippen molar-refractivity contribution in [3.8, 4) is 0 Å². The van der Waals surface area contributed by atoms with Gasteiger partial charge in [0, 0.05) is 45.9 Å². The predicted molar refractivity (Wildman–Crippen MR) is 145 cm³/mol. The molecule has 4 aliphatic rings. The number of hydrogen-bond donors (Lipinski definition) is 1. The van der Waals surface area contributed by atoms with Gasteiger partial charge in [0.05, 0.1) is 31.3 Å². The molecule has 4 fully saturated rings. The highest BCUT2D eigenvalue weighted by Crippen LogP contribution is 2.63. The van der Waals surface area contributed by atoms with Crippen LogP contribution < -0.4 is 0 Å². The van der Waals surface area contributed by atoms with E-state index in [2.05, 4.69) is 18.1 Å². The van der Waals surface area contributed by atoms with Crippen LogP contribution in [0, 0.1) is 11.8 Å². The van der Waals surface area contributed by atoms with Gasteiger partial charge in [0.2, 0.25) is 11.8 Å². The largest absolute Gasteiger partial charge is 0.465 e. The van der Waals surface area contributed by atoms with Crippen molar-refractivity contribution in [2.45, 2.75) is 62.7 Å². The minimum atomic E-state index is -1.08. The lowest BCUT2D eigenvalue weighted by Gasteiger charge is -2.37. The number of likely N-dealkylation sites (tertiary alicyclic amines) is 1. The number of morpholine rings is 1. The first kappa shape index (κ1) is 29.7. The van der Waals surface area contributed by atoms with Crippen LogP contribution >= 0.6 is 0 Å². The van der Waals surface area contributed by atoms with Crippen LogP contribution in [0.4, 0.5) is 0 Å². The number of amides is 2. The number of allylic oxidation sites excluding steroid dienone is 1. The maximum atomic E-state index is 14.3. The van der Waals surface area contributed by atoms with Gasteiger partial charge >= 0.3 is 5.97 Å². The second-order valence-corrected chi connectivity index (χ2v) is 11.3. The minimum absolute atomic E-state index is 0.00554. The molecular weight excluding hydrogens is 502 g/mol. The lowest BCUT2D eigenvalue weighted by atomic mass is 9.66. The average Bonchev–Trinajstić information content (AvgIpc) is 3.50. The Labute approximate surface area is 231 Å². The summed E-state index contributed by atoms with van der Waals surface area (Å²) in [5, 5.41) is 9.37. The van der Waals surface area contributed by atoms with E-state index in [0.717, 1.165) is 19.5 Å². The van der Waals surface area contributed by atoms with E-state index in [1.807, 2.05) is 6.92 Å². The van der Waals surface area contributed by atoms with Crippen LogP contribution in [-0.4, -0.2) is 121 Å². The molecule has 0 saturated carbocycles. The van der Waals surface area contributed by atoms with Gasteiger partial charge in [-0.2, -0.15) is 0 Å². The normalized spacial score (nSPS) is 31.8. The van der Waals surface area contributed by atoms with Crippen molar-refractivity contribution in [1.29, 1.82) is 0 Å². The second-order valence-electron chi connectivity index (χ2n) is 11.3. The van der Waals surface area contributed by atoms with E-state index < -0.39 is 35.0 Å². The van der Waals surface area contributed by atoms with Gasteiger partial charge in [-0.15, -0.1) is 13.2 Å². The number of carbonyl (C=O) groups is 3. The molecule has 0 radical (unpaired) electrons. The molecule has 4 saturated heterocycles. The fourth-order valence-corrected chi connectivity index (χ4v) is 6.89. The Hall–Kier alpha value is -2.27. The smallest absolute Gasteiger partial charge is 0.312 e. The molecule has 10 nitrogen and oxygen atoms in total. The first-order valence-electron chi connectivity index (χ1n) is 14.4. The van der Waals surface area contributed by atoms with E-state index >= 15 is 0 Å². The van der Waals surface area contributed by atoms with Crippen LogP contribution in [0.1, 0.15) is 45.4 Å². The Bertz CT molecular complexity index is 923. The SMILES string of the molecule is C=CCCCOC(=O)[C@@H]1[C@H]2C(=O)N(CCCCO)C(C(=O)N(CC=C)CCN3CCOCC3)C23CC[C@@]1(C)O3. The van der Waals surface area contributed by atoms with E-state index in [4.69, 9.17) is 14.2 Å². The van der Waals surface area contributed by atoms with Crippen molar-refractivity contribution < 1.29 is 33.7 Å².